The van der Waals surface area contributed by atoms with Gasteiger partial charge in [-0.05, 0) is 125 Å². The number of hydrogen-bond donors (Lipinski definition) is 1. The third-order valence-corrected chi connectivity index (χ3v) is 17.1. The number of ether oxygens (including phenoxy) is 3. The van der Waals surface area contributed by atoms with E-state index < -0.39 is 29.7 Å². The number of anilines is 1. The van der Waals surface area contributed by atoms with E-state index >= 15 is 0 Å². The summed E-state index contributed by atoms with van der Waals surface area (Å²) in [5, 5.41) is 8.54. The second-order valence-electron chi connectivity index (χ2n) is 21.5. The summed E-state index contributed by atoms with van der Waals surface area (Å²) in [6.07, 6.45) is 10.3. The Morgan fingerprint density at radius 1 is 0.966 bits per heavy atom. The quantitative estimate of drug-likeness (QED) is 0.111. The van der Waals surface area contributed by atoms with Gasteiger partial charge in [0.25, 0.3) is 0 Å². The molecule has 4 saturated carbocycles. The smallest absolute Gasteiger partial charge is 0.358 e. The third kappa shape index (κ3) is 9.85. The average Bonchev–Trinajstić information content (AvgIpc) is 3.47. The van der Waals surface area contributed by atoms with Crippen molar-refractivity contribution in [3.63, 3.8) is 0 Å². The van der Waals surface area contributed by atoms with Crippen LogP contribution in [0.2, 0.25) is 25.7 Å². The Morgan fingerprint density at radius 2 is 1.68 bits per heavy atom. The van der Waals surface area contributed by atoms with Crippen LogP contribution in [0.1, 0.15) is 101 Å². The summed E-state index contributed by atoms with van der Waals surface area (Å²) in [7, 11) is -3.36. The van der Waals surface area contributed by atoms with E-state index in [0.717, 1.165) is 92.3 Å². The van der Waals surface area contributed by atoms with E-state index in [9.17, 15) is 13.2 Å². The van der Waals surface area contributed by atoms with Gasteiger partial charge in [-0.3, -0.25) is 4.68 Å². The number of fused-ring (bicyclic) bond motifs is 1. The molecule has 1 aliphatic heterocycles. The Balaban J connectivity index is 1.14. The standard InChI is InChI=1S/C46H69N5O6SSi/c1-33-37(36-15-16-38(49-40(36)41(52)57-42(2,3)4)35-14-13-34-12-11-17-47-39(34)24-35)25-48-51(33)32-45-27-43(5)26-44(6,28-45)30-46(29-43,31-45)56-21-19-50(18-20-55-7)58(53,54)22-23-59(8,9)10/h13-16,24-25,47H,11-12,17-23,26-32H2,1-10H3. The molecule has 4 aliphatic carbocycles. The van der Waals surface area contributed by atoms with Gasteiger partial charge in [0, 0.05) is 69.4 Å². The minimum atomic E-state index is -3.44. The molecule has 13 heteroatoms. The van der Waals surface area contributed by atoms with Crippen molar-refractivity contribution >= 4 is 29.8 Å². The third-order valence-electron chi connectivity index (χ3n) is 13.2. The zero-order valence-electron chi connectivity index (χ0n) is 37.4. The molecule has 324 valence electrons. The normalized spacial score (nSPS) is 26.6. The van der Waals surface area contributed by atoms with Crippen LogP contribution in [0.3, 0.4) is 0 Å². The number of esters is 1. The van der Waals surface area contributed by atoms with Crippen molar-refractivity contribution in [3.05, 3.63) is 53.5 Å². The molecule has 1 aromatic carbocycles. The summed E-state index contributed by atoms with van der Waals surface area (Å²) in [6.45, 7) is 22.3. The minimum absolute atomic E-state index is 0.0396. The number of carbonyl (C=O) groups excluding carboxylic acids is 1. The molecule has 2 aromatic heterocycles. The molecule has 59 heavy (non-hydrogen) atoms. The predicted octanol–water partition coefficient (Wildman–Crippen LogP) is 8.99. The number of nitrogens with zero attached hydrogens (tertiary/aromatic N) is 4. The summed E-state index contributed by atoms with van der Waals surface area (Å²) in [5.41, 5.74) is 6.13. The topological polar surface area (TPSA) is 125 Å². The maximum Gasteiger partial charge on any atom is 0.358 e. The molecule has 2 unspecified atom stereocenters. The van der Waals surface area contributed by atoms with Gasteiger partial charge in [0.1, 0.15) is 5.60 Å². The molecule has 0 saturated heterocycles. The van der Waals surface area contributed by atoms with Crippen molar-refractivity contribution in [3.8, 4) is 22.4 Å². The van der Waals surface area contributed by atoms with Crippen molar-refractivity contribution in [1.29, 1.82) is 0 Å². The number of benzene rings is 1. The summed E-state index contributed by atoms with van der Waals surface area (Å²) in [6, 6.07) is 11.1. The molecule has 3 heterocycles. The molecule has 0 amide bonds. The Morgan fingerprint density at radius 3 is 2.36 bits per heavy atom. The highest BCUT2D eigenvalue weighted by molar-refractivity contribution is 7.89. The lowest BCUT2D eigenvalue weighted by Crippen LogP contribution is -2.64. The van der Waals surface area contributed by atoms with E-state index in [4.69, 9.17) is 24.3 Å². The van der Waals surface area contributed by atoms with Gasteiger partial charge in [0.05, 0.1) is 36.5 Å². The Bertz CT molecular complexity index is 2140. The van der Waals surface area contributed by atoms with Crippen LogP contribution in [0.4, 0.5) is 5.69 Å². The van der Waals surface area contributed by atoms with Crippen LogP contribution in [0.5, 0.6) is 0 Å². The van der Waals surface area contributed by atoms with Crippen LogP contribution in [0.15, 0.2) is 36.5 Å². The van der Waals surface area contributed by atoms with E-state index in [-0.39, 0.29) is 33.3 Å². The van der Waals surface area contributed by atoms with Crippen molar-refractivity contribution in [2.75, 3.05) is 51.0 Å². The largest absolute Gasteiger partial charge is 0.455 e. The van der Waals surface area contributed by atoms with Crippen molar-refractivity contribution in [1.82, 2.24) is 19.1 Å². The summed E-state index contributed by atoms with van der Waals surface area (Å²) in [5.74, 6) is -0.281. The number of aromatic nitrogens is 3. The minimum Gasteiger partial charge on any atom is -0.455 e. The zero-order chi connectivity index (χ0) is 42.6. The monoisotopic (exact) mass is 847 g/mol. The summed E-state index contributed by atoms with van der Waals surface area (Å²) >= 11 is 0. The summed E-state index contributed by atoms with van der Waals surface area (Å²) < 4.78 is 49.2. The molecule has 4 fully saturated rings. The number of nitrogens with one attached hydrogen (secondary N) is 1. The van der Waals surface area contributed by atoms with Gasteiger partial charge in [-0.1, -0.05) is 45.6 Å². The maximum atomic E-state index is 13.9. The fourth-order valence-corrected chi connectivity index (χ4v) is 16.2. The number of aryl methyl sites for hydroxylation is 1. The molecular formula is C46H69N5O6SSi. The molecule has 1 N–H and O–H groups in total. The van der Waals surface area contributed by atoms with Gasteiger partial charge < -0.3 is 19.5 Å². The van der Waals surface area contributed by atoms with Crippen LogP contribution in [-0.4, -0.2) is 98.4 Å². The van der Waals surface area contributed by atoms with E-state index in [2.05, 4.69) is 68.6 Å². The average molecular weight is 848 g/mol. The van der Waals surface area contributed by atoms with Crippen LogP contribution in [0, 0.1) is 23.2 Å². The number of rotatable bonds is 16. The number of carbonyl (C=O) groups is 1. The fraction of sp³-hybridized carbons (Fsp3) is 0.674. The first-order valence-electron chi connectivity index (χ1n) is 21.8. The number of hydrogen-bond acceptors (Lipinski definition) is 9. The molecular weight excluding hydrogens is 779 g/mol. The lowest BCUT2D eigenvalue weighted by Gasteiger charge is -2.69. The van der Waals surface area contributed by atoms with Crippen LogP contribution < -0.4 is 5.32 Å². The van der Waals surface area contributed by atoms with Gasteiger partial charge in [-0.2, -0.15) is 9.40 Å². The molecule has 4 bridgehead atoms. The molecule has 0 spiro atoms. The van der Waals surface area contributed by atoms with Crippen LogP contribution >= 0.6 is 0 Å². The lowest BCUT2D eigenvalue weighted by atomic mass is 9.39. The predicted molar refractivity (Wildman–Crippen MR) is 238 cm³/mol. The van der Waals surface area contributed by atoms with Gasteiger partial charge in [-0.15, -0.1) is 0 Å². The molecule has 5 aliphatic rings. The van der Waals surface area contributed by atoms with Crippen molar-refractivity contribution in [2.45, 2.75) is 136 Å². The van der Waals surface area contributed by atoms with Crippen LogP contribution in [0.25, 0.3) is 22.4 Å². The highest BCUT2D eigenvalue weighted by Gasteiger charge is 2.66. The Kier molecular flexibility index (Phi) is 11.9. The SMILES string of the molecule is COCCN(CCOC12CC3(C)CC(C)(CC(Cn4ncc(-c5ccc(-c6ccc7c(c6)NCCC7)nc5C(=O)OC(C)(C)C)c4C)(C3)C1)C2)S(=O)(=O)CC[Si](C)(C)C. The molecule has 11 nitrogen and oxygen atoms in total. The zero-order valence-corrected chi connectivity index (χ0v) is 39.2. The van der Waals surface area contributed by atoms with Gasteiger partial charge in [0.2, 0.25) is 10.0 Å². The van der Waals surface area contributed by atoms with E-state index in [1.807, 2.05) is 39.1 Å². The molecule has 8 rings (SSSR count). The second-order valence-corrected chi connectivity index (χ2v) is 29.2. The van der Waals surface area contributed by atoms with E-state index in [0.29, 0.717) is 31.9 Å². The second kappa shape index (κ2) is 16.0. The molecule has 0 radical (unpaired) electrons. The first-order chi connectivity index (χ1) is 27.5. The first-order valence-corrected chi connectivity index (χ1v) is 27.1. The maximum absolute atomic E-state index is 13.9. The van der Waals surface area contributed by atoms with Gasteiger partial charge >= 0.3 is 5.97 Å². The Hall–Kier alpha value is -3.10. The highest BCUT2D eigenvalue weighted by atomic mass is 32.2. The lowest BCUT2D eigenvalue weighted by molar-refractivity contribution is -0.248. The molecule has 2 atom stereocenters. The summed E-state index contributed by atoms with van der Waals surface area (Å²) in [4.78, 5) is 18.9. The van der Waals surface area contributed by atoms with E-state index in [1.165, 1.54) is 12.0 Å². The number of sulfonamides is 1. The number of pyridine rings is 1. The van der Waals surface area contributed by atoms with Crippen molar-refractivity contribution in [2.24, 2.45) is 16.2 Å². The van der Waals surface area contributed by atoms with Gasteiger partial charge in [-0.25, -0.2) is 18.2 Å². The number of methoxy groups -OCH3 is 1. The molecule has 3 aromatic rings. The van der Waals surface area contributed by atoms with Gasteiger partial charge in [0.15, 0.2) is 5.69 Å². The van der Waals surface area contributed by atoms with Crippen molar-refractivity contribution < 1.29 is 27.4 Å². The van der Waals surface area contributed by atoms with Crippen LogP contribution in [-0.2, 0) is 37.2 Å². The van der Waals surface area contributed by atoms with E-state index in [1.54, 1.807) is 11.4 Å². The fourth-order valence-electron chi connectivity index (χ4n) is 11.8. The highest BCUT2D eigenvalue weighted by Crippen LogP contribution is 2.72. The Labute approximate surface area is 354 Å². The first kappa shape index (κ1) is 44.0.